The van der Waals surface area contributed by atoms with E-state index >= 15 is 0 Å². The molecule has 1 fully saturated rings. The van der Waals surface area contributed by atoms with Gasteiger partial charge in [0.1, 0.15) is 5.69 Å². The Balaban J connectivity index is 2.05. The first-order chi connectivity index (χ1) is 7.65. The summed E-state index contributed by atoms with van der Waals surface area (Å²) < 4.78 is 0. The average molecular weight is 221 g/mol. The maximum absolute atomic E-state index is 11.8. The number of aliphatic hydroxyl groups is 1. The van der Waals surface area contributed by atoms with Crippen molar-refractivity contribution in [1.29, 1.82) is 0 Å². The predicted molar refractivity (Wildman–Crippen MR) is 57.9 cm³/mol. The van der Waals surface area contributed by atoms with Gasteiger partial charge < -0.3 is 10.4 Å². The number of carbonyl (C=O) groups is 1. The summed E-state index contributed by atoms with van der Waals surface area (Å²) in [4.78, 5) is 19.8. The Morgan fingerprint density at radius 1 is 1.50 bits per heavy atom. The van der Waals surface area contributed by atoms with Gasteiger partial charge in [-0.1, -0.05) is 0 Å². The van der Waals surface area contributed by atoms with Crippen LogP contribution in [-0.2, 0) is 0 Å². The first-order valence-corrected chi connectivity index (χ1v) is 5.37. The Morgan fingerprint density at radius 3 is 2.69 bits per heavy atom. The van der Waals surface area contributed by atoms with Gasteiger partial charge in [0.15, 0.2) is 0 Å². The molecule has 0 atom stereocenters. The lowest BCUT2D eigenvalue weighted by Gasteiger charge is -2.40. The van der Waals surface area contributed by atoms with E-state index in [1.54, 1.807) is 6.20 Å². The molecule has 16 heavy (non-hydrogen) atoms. The maximum Gasteiger partial charge on any atom is 0.271 e. The number of nitrogens with zero attached hydrogens (tertiary/aromatic N) is 2. The minimum absolute atomic E-state index is 0.0158. The summed E-state index contributed by atoms with van der Waals surface area (Å²) in [6, 6.07) is 0. The smallest absolute Gasteiger partial charge is 0.271 e. The molecule has 1 aliphatic rings. The minimum Gasteiger partial charge on any atom is -0.394 e. The first-order valence-electron chi connectivity index (χ1n) is 5.37. The van der Waals surface area contributed by atoms with E-state index in [9.17, 15) is 9.90 Å². The number of amides is 1. The molecule has 1 aromatic rings. The molecule has 86 valence electrons. The van der Waals surface area contributed by atoms with Crippen LogP contribution in [0.2, 0.25) is 0 Å². The van der Waals surface area contributed by atoms with E-state index in [0.29, 0.717) is 5.69 Å². The third-order valence-corrected chi connectivity index (χ3v) is 3.01. The maximum atomic E-state index is 11.8. The largest absolute Gasteiger partial charge is 0.394 e. The molecule has 1 aromatic heterocycles. The van der Waals surface area contributed by atoms with Gasteiger partial charge in [0.05, 0.1) is 24.0 Å². The zero-order chi connectivity index (χ0) is 11.6. The molecule has 1 aliphatic carbocycles. The topological polar surface area (TPSA) is 75.1 Å². The number of nitrogens with one attached hydrogen (secondary N) is 1. The molecular weight excluding hydrogens is 206 g/mol. The molecule has 5 heteroatoms. The highest BCUT2D eigenvalue weighted by atomic mass is 16.3. The summed E-state index contributed by atoms with van der Waals surface area (Å²) >= 11 is 0. The lowest BCUT2D eigenvalue weighted by molar-refractivity contribution is 0.0637. The van der Waals surface area contributed by atoms with Gasteiger partial charge in [-0.3, -0.25) is 9.78 Å². The van der Waals surface area contributed by atoms with Gasteiger partial charge in [0.2, 0.25) is 0 Å². The molecule has 0 bridgehead atoms. The van der Waals surface area contributed by atoms with Crippen molar-refractivity contribution in [1.82, 2.24) is 15.3 Å². The SMILES string of the molecule is Cc1cnc(C(=O)NC2(CO)CCC2)cn1. The van der Waals surface area contributed by atoms with Crippen molar-refractivity contribution >= 4 is 5.91 Å². The molecule has 2 N–H and O–H groups in total. The molecular formula is C11H15N3O2. The predicted octanol–water partition coefficient (Wildman–Crippen LogP) is 0.430. The fourth-order valence-corrected chi connectivity index (χ4v) is 1.74. The fourth-order valence-electron chi connectivity index (χ4n) is 1.74. The summed E-state index contributed by atoms with van der Waals surface area (Å²) in [5, 5.41) is 12.0. The molecule has 0 spiro atoms. The number of aromatic nitrogens is 2. The van der Waals surface area contributed by atoms with E-state index in [1.807, 2.05) is 6.92 Å². The number of aryl methyl sites for hydroxylation is 1. The summed E-state index contributed by atoms with van der Waals surface area (Å²) in [5.74, 6) is -0.263. The highest BCUT2D eigenvalue weighted by Crippen LogP contribution is 2.31. The second kappa shape index (κ2) is 4.17. The molecule has 1 amide bonds. The molecule has 0 saturated heterocycles. The van der Waals surface area contributed by atoms with Gasteiger partial charge in [-0.15, -0.1) is 0 Å². The van der Waals surface area contributed by atoms with E-state index in [4.69, 9.17) is 0 Å². The quantitative estimate of drug-likeness (QED) is 0.776. The molecule has 0 aliphatic heterocycles. The third kappa shape index (κ3) is 2.04. The van der Waals surface area contributed by atoms with Crippen molar-refractivity contribution in [3.8, 4) is 0 Å². The number of hydrogen-bond donors (Lipinski definition) is 2. The Morgan fingerprint density at radius 2 is 2.25 bits per heavy atom. The second-order valence-electron chi connectivity index (χ2n) is 4.29. The van der Waals surface area contributed by atoms with Crippen LogP contribution in [0.25, 0.3) is 0 Å². The minimum atomic E-state index is -0.427. The average Bonchev–Trinajstić information content (AvgIpc) is 2.24. The summed E-state index contributed by atoms with van der Waals surface area (Å²) in [5.41, 5.74) is 0.645. The van der Waals surface area contributed by atoms with Crippen LogP contribution in [0.15, 0.2) is 12.4 Å². The standard InChI is InChI=1S/C11H15N3O2/c1-8-5-13-9(6-12-8)10(16)14-11(7-15)3-2-4-11/h5-6,15H,2-4,7H2,1H3,(H,14,16). The van der Waals surface area contributed by atoms with Crippen molar-refractivity contribution < 1.29 is 9.90 Å². The van der Waals surface area contributed by atoms with Crippen LogP contribution in [0.3, 0.4) is 0 Å². The van der Waals surface area contributed by atoms with Gasteiger partial charge in [0.25, 0.3) is 5.91 Å². The van der Waals surface area contributed by atoms with Crippen molar-refractivity contribution in [2.24, 2.45) is 0 Å². The van der Waals surface area contributed by atoms with Gasteiger partial charge in [-0.05, 0) is 26.2 Å². The van der Waals surface area contributed by atoms with Crippen LogP contribution in [0.5, 0.6) is 0 Å². The monoisotopic (exact) mass is 221 g/mol. The van der Waals surface area contributed by atoms with Gasteiger partial charge in [-0.25, -0.2) is 4.98 Å². The molecule has 2 rings (SSSR count). The van der Waals surface area contributed by atoms with Crippen molar-refractivity contribution in [2.75, 3.05) is 6.61 Å². The highest BCUT2D eigenvalue weighted by molar-refractivity contribution is 5.92. The van der Waals surface area contributed by atoms with Crippen LogP contribution in [-0.4, -0.2) is 33.1 Å². The second-order valence-corrected chi connectivity index (χ2v) is 4.29. The normalized spacial score (nSPS) is 17.6. The van der Waals surface area contributed by atoms with Crippen molar-refractivity contribution in [3.63, 3.8) is 0 Å². The van der Waals surface area contributed by atoms with Crippen molar-refractivity contribution in [2.45, 2.75) is 31.7 Å². The third-order valence-electron chi connectivity index (χ3n) is 3.01. The number of hydrogen-bond acceptors (Lipinski definition) is 4. The lowest BCUT2D eigenvalue weighted by Crippen LogP contribution is -2.56. The summed E-state index contributed by atoms with van der Waals surface area (Å²) in [6.07, 6.45) is 5.71. The first kappa shape index (κ1) is 11.0. The number of carbonyl (C=O) groups excluding carboxylic acids is 1. The summed E-state index contributed by atoms with van der Waals surface area (Å²) in [7, 11) is 0. The van der Waals surface area contributed by atoms with Gasteiger partial charge >= 0.3 is 0 Å². The van der Waals surface area contributed by atoms with E-state index in [1.165, 1.54) is 6.20 Å². The van der Waals surface area contributed by atoms with Crippen LogP contribution in [0.1, 0.15) is 35.4 Å². The molecule has 1 heterocycles. The van der Waals surface area contributed by atoms with Crippen LogP contribution in [0, 0.1) is 6.92 Å². The van der Waals surface area contributed by atoms with Crippen LogP contribution < -0.4 is 5.32 Å². The zero-order valence-electron chi connectivity index (χ0n) is 9.23. The van der Waals surface area contributed by atoms with E-state index in [0.717, 1.165) is 25.0 Å². The van der Waals surface area contributed by atoms with E-state index in [2.05, 4.69) is 15.3 Å². The molecule has 5 nitrogen and oxygen atoms in total. The highest BCUT2D eigenvalue weighted by Gasteiger charge is 2.38. The number of aliphatic hydroxyl groups excluding tert-OH is 1. The Hall–Kier alpha value is -1.49. The molecule has 0 unspecified atom stereocenters. The van der Waals surface area contributed by atoms with Gasteiger partial charge in [-0.2, -0.15) is 0 Å². The lowest BCUT2D eigenvalue weighted by atomic mass is 9.77. The Kier molecular flexibility index (Phi) is 2.87. The summed E-state index contributed by atoms with van der Waals surface area (Å²) in [6.45, 7) is 1.80. The Labute approximate surface area is 93.9 Å². The van der Waals surface area contributed by atoms with E-state index in [-0.39, 0.29) is 12.5 Å². The zero-order valence-corrected chi connectivity index (χ0v) is 9.23. The fraction of sp³-hybridized carbons (Fsp3) is 0.545. The molecule has 1 saturated carbocycles. The molecule has 0 radical (unpaired) electrons. The molecule has 0 aromatic carbocycles. The van der Waals surface area contributed by atoms with Gasteiger partial charge in [0, 0.05) is 6.20 Å². The van der Waals surface area contributed by atoms with Crippen LogP contribution in [0.4, 0.5) is 0 Å². The van der Waals surface area contributed by atoms with Crippen molar-refractivity contribution in [3.05, 3.63) is 23.8 Å². The van der Waals surface area contributed by atoms with Crippen LogP contribution >= 0.6 is 0 Å². The Bertz CT molecular complexity index is 379. The van der Waals surface area contributed by atoms with E-state index < -0.39 is 5.54 Å². The number of rotatable bonds is 3.